The van der Waals surface area contributed by atoms with Gasteiger partial charge in [-0.05, 0) is 0 Å². The van der Waals surface area contributed by atoms with Gasteiger partial charge in [-0.15, -0.1) is 0 Å². The third-order valence-corrected chi connectivity index (χ3v) is 17.6. The first-order valence-electron chi connectivity index (χ1n) is 11.3. The first-order valence-corrected chi connectivity index (χ1v) is 19.3. The van der Waals surface area contributed by atoms with Gasteiger partial charge in [-0.1, -0.05) is 0 Å². The molecule has 0 spiro atoms. The minimum atomic E-state index is -2.17. The number of allylic oxidation sites excluding steroid dienone is 4. The molecule has 2 atom stereocenters. The van der Waals surface area contributed by atoms with Gasteiger partial charge < -0.3 is 0 Å². The summed E-state index contributed by atoms with van der Waals surface area (Å²) in [6.45, 7) is 19.2. The van der Waals surface area contributed by atoms with Gasteiger partial charge in [-0.3, -0.25) is 0 Å². The average molecular weight is 453 g/mol. The van der Waals surface area contributed by atoms with Gasteiger partial charge >= 0.3 is 191 Å². The van der Waals surface area contributed by atoms with E-state index in [1.807, 2.05) is 3.88 Å². The second kappa shape index (κ2) is 7.77. The predicted molar refractivity (Wildman–Crippen MR) is 135 cm³/mol. The molecule has 0 N–H and O–H groups in total. The Kier molecular flexibility index (Phi) is 6.09. The summed E-state index contributed by atoms with van der Waals surface area (Å²) >= 11 is -2.13. The molecule has 3 rings (SSSR count). The van der Waals surface area contributed by atoms with Crippen molar-refractivity contribution in [3.63, 3.8) is 0 Å². The molecular weight excluding hydrogens is 412 g/mol. The summed E-state index contributed by atoms with van der Waals surface area (Å²) in [5.41, 5.74) is 8.87. The van der Waals surface area contributed by atoms with E-state index < -0.39 is 24.7 Å². The Morgan fingerprint density at radius 1 is 0.667 bits per heavy atom. The van der Waals surface area contributed by atoms with Crippen molar-refractivity contribution in [1.29, 1.82) is 0 Å². The second-order valence-corrected chi connectivity index (χ2v) is 23.2. The second-order valence-electron chi connectivity index (χ2n) is 11.0. The fraction of sp³-hybridized carbons (Fsp3) is 0.429. The van der Waals surface area contributed by atoms with Gasteiger partial charge in [0.05, 0.1) is 0 Å². The van der Waals surface area contributed by atoms with Gasteiger partial charge in [0.1, 0.15) is 0 Å². The molecule has 0 aromatic heterocycles. The Balaban J connectivity index is 2.48. The van der Waals surface area contributed by atoms with Crippen LogP contribution in [-0.2, 0) is 16.6 Å². The Morgan fingerprint density at radius 2 is 1.17 bits per heavy atom. The monoisotopic (exact) mass is 452 g/mol. The van der Waals surface area contributed by atoms with Gasteiger partial charge in [0, 0.05) is 0 Å². The summed E-state index contributed by atoms with van der Waals surface area (Å²) in [4.78, 5) is 0. The average Bonchev–Trinajstić information content (AvgIpc) is 2.82. The summed E-state index contributed by atoms with van der Waals surface area (Å²) in [7, 11) is -2.17. The Hall–Kier alpha value is -1.15. The van der Waals surface area contributed by atoms with Gasteiger partial charge in [0.15, 0.2) is 0 Å². The van der Waals surface area contributed by atoms with E-state index >= 15 is 0 Å². The van der Waals surface area contributed by atoms with Crippen LogP contribution in [0, 0.1) is 20.8 Å². The fourth-order valence-corrected chi connectivity index (χ4v) is 18.6. The van der Waals surface area contributed by atoms with Crippen molar-refractivity contribution in [2.24, 2.45) is 0 Å². The maximum absolute atomic E-state index is 2.65. The Labute approximate surface area is 189 Å². The molecule has 0 radical (unpaired) electrons. The molecule has 2 unspecified atom stereocenters. The first-order chi connectivity index (χ1) is 13.7. The predicted octanol–water partition coefficient (Wildman–Crippen LogP) is 7.49. The van der Waals surface area contributed by atoms with Gasteiger partial charge in [-0.25, -0.2) is 0 Å². The van der Waals surface area contributed by atoms with Gasteiger partial charge in [0.2, 0.25) is 0 Å². The van der Waals surface area contributed by atoms with Crippen LogP contribution in [0.15, 0.2) is 63.1 Å². The van der Waals surface area contributed by atoms with E-state index in [2.05, 4.69) is 113 Å². The summed E-state index contributed by atoms with van der Waals surface area (Å²) in [6, 6.07) is 16.8. The summed E-state index contributed by atoms with van der Waals surface area (Å²) < 4.78 is 1.83. The number of rotatable bonds is 4. The van der Waals surface area contributed by atoms with Crippen LogP contribution in [-0.4, -0.2) is 8.07 Å². The van der Waals surface area contributed by atoms with Crippen LogP contribution in [0.4, 0.5) is 0 Å². The van der Waals surface area contributed by atoms with E-state index in [1.54, 1.807) is 27.1 Å². The molecule has 0 bridgehead atoms. The summed E-state index contributed by atoms with van der Waals surface area (Å²) in [5, 5.41) is 11.0. The van der Waals surface area contributed by atoms with Crippen molar-refractivity contribution >= 4 is 18.4 Å². The molecule has 1 aliphatic rings. The summed E-state index contributed by atoms with van der Waals surface area (Å²) in [5.74, 6) is 0. The molecular formula is C28H40SiTi. The standard InChI is InChI=1S/C25H31Si.3CH3.Ti/c1-17-9-11-23(12-10-17)26(8,24-14-18(2)13-19(3)15-24)25(7)16-20(4)21(5)22(25)6;;;;/h9-15H,1-8H3;3*1H3;. The van der Waals surface area contributed by atoms with Gasteiger partial charge in [-0.2, -0.15) is 0 Å². The molecule has 0 nitrogen and oxygen atoms in total. The van der Waals surface area contributed by atoms with Crippen molar-refractivity contribution in [2.75, 3.05) is 0 Å². The van der Waals surface area contributed by atoms with E-state index in [0.29, 0.717) is 0 Å². The molecule has 0 fully saturated rings. The first kappa shape index (κ1) is 23.5. The van der Waals surface area contributed by atoms with Crippen molar-refractivity contribution < 1.29 is 16.6 Å². The molecule has 0 amide bonds. The number of hydrogen-bond acceptors (Lipinski definition) is 0. The van der Waals surface area contributed by atoms with Crippen molar-refractivity contribution in [3.8, 4) is 0 Å². The Bertz CT molecular complexity index is 1030. The molecule has 2 heteroatoms. The number of benzene rings is 2. The van der Waals surface area contributed by atoms with Crippen molar-refractivity contribution in [3.05, 3.63) is 79.8 Å². The molecule has 2 aromatic carbocycles. The van der Waals surface area contributed by atoms with Crippen LogP contribution in [0.3, 0.4) is 0 Å². The van der Waals surface area contributed by atoms with Crippen LogP contribution in [0.1, 0.15) is 44.4 Å². The number of hydrogen-bond donors (Lipinski definition) is 0. The molecule has 0 heterocycles. The summed E-state index contributed by atoms with van der Waals surface area (Å²) in [6.07, 6.45) is 0. The zero-order valence-electron chi connectivity index (χ0n) is 21.0. The molecule has 160 valence electrons. The van der Waals surface area contributed by atoms with Crippen LogP contribution in [0.25, 0.3) is 0 Å². The number of aryl methyl sites for hydroxylation is 3. The van der Waals surface area contributed by atoms with E-state index in [1.165, 1.54) is 16.7 Å². The molecule has 30 heavy (non-hydrogen) atoms. The zero-order chi connectivity index (χ0) is 22.6. The normalized spacial score (nSPS) is 22.0. The van der Waals surface area contributed by atoms with Crippen LogP contribution < -0.4 is 10.4 Å². The quantitative estimate of drug-likeness (QED) is 0.422. The van der Waals surface area contributed by atoms with Gasteiger partial charge in [0.25, 0.3) is 0 Å². The maximum atomic E-state index is 2.65. The topological polar surface area (TPSA) is 0 Å². The van der Waals surface area contributed by atoms with Crippen molar-refractivity contribution in [1.82, 2.24) is 0 Å². The van der Waals surface area contributed by atoms with Crippen LogP contribution in [0.2, 0.25) is 27.3 Å². The van der Waals surface area contributed by atoms with Crippen LogP contribution in [0.5, 0.6) is 0 Å². The third-order valence-electron chi connectivity index (χ3n) is 7.93. The SMILES string of the molecule is CC1=C(C)C(C)([Si](C)(c2ccc(C)cc2)c2cc(C)cc(C)c2)[C]([Ti]([CH3])([CH3])[CH3])=C1C. The van der Waals surface area contributed by atoms with Crippen LogP contribution >= 0.6 is 0 Å². The Morgan fingerprint density at radius 3 is 1.63 bits per heavy atom. The third kappa shape index (κ3) is 3.48. The van der Waals surface area contributed by atoms with Crippen molar-refractivity contribution in [2.45, 2.75) is 75.7 Å². The van der Waals surface area contributed by atoms with E-state index in [9.17, 15) is 0 Å². The van der Waals surface area contributed by atoms with E-state index in [0.717, 1.165) is 0 Å². The molecule has 0 saturated carbocycles. The molecule has 1 aliphatic carbocycles. The molecule has 0 saturated heterocycles. The molecule has 0 aliphatic heterocycles. The molecule has 2 aromatic rings. The van der Waals surface area contributed by atoms with E-state index in [4.69, 9.17) is 0 Å². The van der Waals surface area contributed by atoms with E-state index in [-0.39, 0.29) is 5.04 Å². The zero-order valence-corrected chi connectivity index (χ0v) is 23.6. The minimum absolute atomic E-state index is 0.120. The fourth-order valence-electron chi connectivity index (χ4n) is 6.24.